The first-order valence-corrected chi connectivity index (χ1v) is 5.04. The zero-order valence-electron chi connectivity index (χ0n) is 9.49. The highest BCUT2D eigenvalue weighted by Gasteiger charge is 2.46. The van der Waals surface area contributed by atoms with Gasteiger partial charge in [0.2, 0.25) is 0 Å². The maximum atomic E-state index is 9.22. The summed E-state index contributed by atoms with van der Waals surface area (Å²) in [4.78, 5) is 2.19. The van der Waals surface area contributed by atoms with Crippen molar-refractivity contribution in [2.24, 2.45) is 5.92 Å². The van der Waals surface area contributed by atoms with E-state index in [1.54, 1.807) is 14.2 Å². The van der Waals surface area contributed by atoms with Gasteiger partial charge in [-0.25, -0.2) is 0 Å². The molecule has 0 aromatic rings. The van der Waals surface area contributed by atoms with Gasteiger partial charge in [-0.1, -0.05) is 13.8 Å². The Hall–Kier alpha value is -0.160. The molecule has 0 amide bonds. The Balaban J connectivity index is 2.45. The fraction of sp³-hybridized carbons (Fsp3) is 1.00. The summed E-state index contributed by atoms with van der Waals surface area (Å²) >= 11 is 0. The first-order valence-electron chi connectivity index (χ1n) is 5.04. The van der Waals surface area contributed by atoms with Gasteiger partial charge >= 0.3 is 0 Å². The van der Waals surface area contributed by atoms with Crippen molar-refractivity contribution in [3.05, 3.63) is 0 Å². The first-order chi connectivity index (χ1) is 6.58. The SMILES string of the molecule is COC1(OC)CN(C(CO)C(C)C)C1. The lowest BCUT2D eigenvalue weighted by Crippen LogP contribution is -2.67. The second-order valence-corrected chi connectivity index (χ2v) is 4.22. The summed E-state index contributed by atoms with van der Waals surface area (Å²) in [5, 5.41) is 9.22. The fourth-order valence-electron chi connectivity index (χ4n) is 1.90. The molecule has 1 fully saturated rings. The van der Waals surface area contributed by atoms with Crippen LogP contribution in [0.25, 0.3) is 0 Å². The number of ether oxygens (including phenoxy) is 2. The minimum atomic E-state index is -0.442. The highest BCUT2D eigenvalue weighted by Crippen LogP contribution is 2.29. The Labute approximate surface area is 85.8 Å². The molecule has 1 heterocycles. The second kappa shape index (κ2) is 4.57. The van der Waals surface area contributed by atoms with E-state index < -0.39 is 5.79 Å². The van der Waals surface area contributed by atoms with E-state index >= 15 is 0 Å². The number of hydrogen-bond donors (Lipinski definition) is 1. The predicted molar refractivity (Wildman–Crippen MR) is 54.0 cm³/mol. The maximum absolute atomic E-state index is 9.22. The van der Waals surface area contributed by atoms with Crippen LogP contribution in [0.1, 0.15) is 13.8 Å². The molecule has 14 heavy (non-hydrogen) atoms. The molecule has 1 rings (SSSR count). The third-order valence-electron chi connectivity index (χ3n) is 3.06. The number of hydrogen-bond acceptors (Lipinski definition) is 4. The van der Waals surface area contributed by atoms with Gasteiger partial charge in [-0.2, -0.15) is 0 Å². The summed E-state index contributed by atoms with van der Waals surface area (Å²) in [6, 6.07) is 0.216. The van der Waals surface area contributed by atoms with Gasteiger partial charge in [0.15, 0.2) is 5.79 Å². The summed E-state index contributed by atoms with van der Waals surface area (Å²) in [5.74, 6) is 0.00851. The van der Waals surface area contributed by atoms with E-state index in [4.69, 9.17) is 9.47 Å². The van der Waals surface area contributed by atoms with Gasteiger partial charge in [0, 0.05) is 20.3 Å². The van der Waals surface area contributed by atoms with Crippen molar-refractivity contribution in [2.75, 3.05) is 33.9 Å². The van der Waals surface area contributed by atoms with E-state index in [1.807, 2.05) is 0 Å². The lowest BCUT2D eigenvalue weighted by molar-refractivity contribution is -0.285. The lowest BCUT2D eigenvalue weighted by Gasteiger charge is -2.51. The van der Waals surface area contributed by atoms with Crippen LogP contribution in [-0.2, 0) is 9.47 Å². The summed E-state index contributed by atoms with van der Waals surface area (Å²) in [6.07, 6.45) is 0. The monoisotopic (exact) mass is 203 g/mol. The molecule has 1 N–H and O–H groups in total. The molecule has 1 aliphatic heterocycles. The van der Waals surface area contributed by atoms with Gasteiger partial charge in [-0.3, -0.25) is 4.90 Å². The number of nitrogens with zero attached hydrogens (tertiary/aromatic N) is 1. The van der Waals surface area contributed by atoms with E-state index in [1.165, 1.54) is 0 Å². The molecule has 0 aromatic heterocycles. The number of aliphatic hydroxyl groups is 1. The third-order valence-corrected chi connectivity index (χ3v) is 3.06. The summed E-state index contributed by atoms with van der Waals surface area (Å²) in [7, 11) is 3.31. The molecule has 84 valence electrons. The van der Waals surface area contributed by atoms with Gasteiger partial charge in [-0.15, -0.1) is 0 Å². The average molecular weight is 203 g/mol. The standard InChI is InChI=1S/C10H21NO3/c1-8(2)9(5-12)11-6-10(7-11,13-3)14-4/h8-9,12H,5-7H2,1-4H3. The van der Waals surface area contributed by atoms with E-state index in [-0.39, 0.29) is 12.6 Å². The zero-order chi connectivity index (χ0) is 10.8. The van der Waals surface area contributed by atoms with Crippen molar-refractivity contribution in [2.45, 2.75) is 25.7 Å². The molecule has 4 nitrogen and oxygen atoms in total. The Morgan fingerprint density at radius 1 is 1.29 bits per heavy atom. The summed E-state index contributed by atoms with van der Waals surface area (Å²) in [5.41, 5.74) is 0. The fourth-order valence-corrected chi connectivity index (χ4v) is 1.90. The highest BCUT2D eigenvalue weighted by molar-refractivity contribution is 4.93. The number of rotatable bonds is 5. The minimum absolute atomic E-state index is 0.196. The Kier molecular flexibility index (Phi) is 3.89. The van der Waals surface area contributed by atoms with Crippen molar-refractivity contribution in [3.63, 3.8) is 0 Å². The van der Waals surface area contributed by atoms with E-state index in [9.17, 15) is 5.11 Å². The molecule has 4 heteroatoms. The third kappa shape index (κ3) is 2.08. The number of methoxy groups -OCH3 is 2. The van der Waals surface area contributed by atoms with E-state index in [0.29, 0.717) is 5.92 Å². The van der Waals surface area contributed by atoms with Crippen LogP contribution in [0.3, 0.4) is 0 Å². The van der Waals surface area contributed by atoms with Crippen LogP contribution in [0.5, 0.6) is 0 Å². The van der Waals surface area contributed by atoms with Gasteiger partial charge in [0.25, 0.3) is 0 Å². The smallest absolute Gasteiger partial charge is 0.193 e. The molecule has 0 radical (unpaired) electrons. The van der Waals surface area contributed by atoms with Crippen LogP contribution in [-0.4, -0.2) is 55.8 Å². The van der Waals surface area contributed by atoms with Crippen molar-refractivity contribution in [3.8, 4) is 0 Å². The average Bonchev–Trinajstić information content (AvgIpc) is 2.10. The highest BCUT2D eigenvalue weighted by atomic mass is 16.7. The molecular weight excluding hydrogens is 182 g/mol. The largest absolute Gasteiger partial charge is 0.395 e. The molecule has 0 aliphatic carbocycles. The molecular formula is C10H21NO3. The number of likely N-dealkylation sites (tertiary alicyclic amines) is 1. The normalized spacial score (nSPS) is 23.6. The molecule has 0 spiro atoms. The molecule has 0 bridgehead atoms. The summed E-state index contributed by atoms with van der Waals surface area (Å²) < 4.78 is 10.6. The van der Waals surface area contributed by atoms with E-state index in [2.05, 4.69) is 18.7 Å². The van der Waals surface area contributed by atoms with Crippen LogP contribution in [0.2, 0.25) is 0 Å². The maximum Gasteiger partial charge on any atom is 0.193 e. The van der Waals surface area contributed by atoms with Gasteiger partial charge in [0.05, 0.1) is 19.7 Å². The number of aliphatic hydroxyl groups excluding tert-OH is 1. The van der Waals surface area contributed by atoms with Crippen LogP contribution >= 0.6 is 0 Å². The Morgan fingerprint density at radius 3 is 2.07 bits per heavy atom. The van der Waals surface area contributed by atoms with Crippen molar-refractivity contribution in [1.29, 1.82) is 0 Å². The molecule has 1 atom stereocenters. The van der Waals surface area contributed by atoms with Crippen LogP contribution in [0.4, 0.5) is 0 Å². The van der Waals surface area contributed by atoms with Gasteiger partial charge < -0.3 is 14.6 Å². The van der Waals surface area contributed by atoms with Gasteiger partial charge in [-0.05, 0) is 5.92 Å². The van der Waals surface area contributed by atoms with Crippen molar-refractivity contribution in [1.82, 2.24) is 4.90 Å². The summed E-state index contributed by atoms with van der Waals surface area (Å²) in [6.45, 7) is 5.90. The minimum Gasteiger partial charge on any atom is -0.395 e. The molecule has 1 unspecified atom stereocenters. The first kappa shape index (κ1) is 11.9. The molecule has 0 saturated carbocycles. The Bertz CT molecular complexity index is 172. The zero-order valence-corrected chi connectivity index (χ0v) is 9.49. The molecule has 0 aromatic carbocycles. The van der Waals surface area contributed by atoms with Crippen LogP contribution in [0.15, 0.2) is 0 Å². The van der Waals surface area contributed by atoms with Crippen molar-refractivity contribution < 1.29 is 14.6 Å². The second-order valence-electron chi connectivity index (χ2n) is 4.22. The predicted octanol–water partition coefficient (Wildman–Crippen LogP) is 0.308. The van der Waals surface area contributed by atoms with Gasteiger partial charge in [0.1, 0.15) is 0 Å². The van der Waals surface area contributed by atoms with Crippen molar-refractivity contribution >= 4 is 0 Å². The lowest BCUT2D eigenvalue weighted by atomic mass is 9.97. The van der Waals surface area contributed by atoms with Crippen LogP contribution in [0, 0.1) is 5.92 Å². The van der Waals surface area contributed by atoms with E-state index in [0.717, 1.165) is 13.1 Å². The molecule has 1 saturated heterocycles. The molecule has 1 aliphatic rings. The topological polar surface area (TPSA) is 41.9 Å². The quantitative estimate of drug-likeness (QED) is 0.653. The Morgan fingerprint density at radius 2 is 1.79 bits per heavy atom. The van der Waals surface area contributed by atoms with Crippen LogP contribution < -0.4 is 0 Å².